The number of rotatable bonds is 7. The van der Waals surface area contributed by atoms with Crippen molar-refractivity contribution in [1.29, 1.82) is 0 Å². The first-order valence-corrected chi connectivity index (χ1v) is 6.78. The summed E-state index contributed by atoms with van der Waals surface area (Å²) in [5, 5.41) is 8.85. The van der Waals surface area contributed by atoms with Gasteiger partial charge in [-0.05, 0) is 12.1 Å². The topological polar surface area (TPSA) is 94.9 Å². The maximum Gasteiger partial charge on any atom is 0.320 e. The number of hydrogen-bond donors (Lipinski definition) is 2. The van der Waals surface area contributed by atoms with Crippen LogP contribution in [0.2, 0.25) is 0 Å². The van der Waals surface area contributed by atoms with Crippen LogP contribution >= 0.6 is 0 Å². The average molecular weight is 305 g/mol. The van der Waals surface area contributed by atoms with Crippen molar-refractivity contribution < 1.29 is 23.8 Å². The van der Waals surface area contributed by atoms with Gasteiger partial charge in [0, 0.05) is 31.8 Å². The van der Waals surface area contributed by atoms with Gasteiger partial charge in [0.1, 0.15) is 17.6 Å². The van der Waals surface area contributed by atoms with E-state index >= 15 is 0 Å². The van der Waals surface area contributed by atoms with Crippen molar-refractivity contribution in [1.82, 2.24) is 0 Å². The normalized spacial score (nSPS) is 12.5. The summed E-state index contributed by atoms with van der Waals surface area (Å²) in [4.78, 5) is 10.8. The fourth-order valence-corrected chi connectivity index (χ4v) is 2.21. The van der Waals surface area contributed by atoms with Crippen LogP contribution in [-0.2, 0) is 20.7 Å². The molecule has 0 amide bonds. The Morgan fingerprint density at radius 1 is 1.23 bits per heavy atom. The Bertz CT molecular complexity index is 633. The Labute approximate surface area is 128 Å². The van der Waals surface area contributed by atoms with E-state index in [1.807, 2.05) is 24.3 Å². The zero-order valence-corrected chi connectivity index (χ0v) is 12.5. The molecule has 6 nitrogen and oxygen atoms in total. The summed E-state index contributed by atoms with van der Waals surface area (Å²) < 4.78 is 16.3. The Hall–Kier alpha value is -2.15. The number of nitrogens with two attached hydrogens (primary N) is 1. The lowest BCUT2D eigenvalue weighted by atomic mass is 10.0. The lowest BCUT2D eigenvalue weighted by Gasteiger charge is -2.16. The second kappa shape index (κ2) is 7.22. The molecule has 22 heavy (non-hydrogen) atoms. The molecule has 3 N–H and O–H groups in total. The van der Waals surface area contributed by atoms with E-state index in [0.29, 0.717) is 11.5 Å². The van der Waals surface area contributed by atoms with E-state index in [2.05, 4.69) is 0 Å². The highest BCUT2D eigenvalue weighted by Gasteiger charge is 2.18. The molecule has 2 aromatic rings. The van der Waals surface area contributed by atoms with Gasteiger partial charge < -0.3 is 24.7 Å². The van der Waals surface area contributed by atoms with Crippen LogP contribution in [0.1, 0.15) is 17.6 Å². The summed E-state index contributed by atoms with van der Waals surface area (Å²) in [7, 11) is 3.12. The molecule has 0 aliphatic heterocycles. The van der Waals surface area contributed by atoms with Crippen LogP contribution in [0.25, 0.3) is 11.3 Å². The van der Waals surface area contributed by atoms with Gasteiger partial charge in [0.25, 0.3) is 0 Å². The largest absolute Gasteiger partial charge is 0.480 e. The van der Waals surface area contributed by atoms with Crippen LogP contribution in [0.5, 0.6) is 0 Å². The average Bonchev–Trinajstić information content (AvgIpc) is 2.97. The molecule has 0 aliphatic rings. The summed E-state index contributed by atoms with van der Waals surface area (Å²) in [6.45, 7) is 0. The van der Waals surface area contributed by atoms with Crippen molar-refractivity contribution in [2.24, 2.45) is 5.73 Å². The molecule has 1 aromatic heterocycles. The molecular formula is C16H19NO5. The number of methoxy groups -OCH3 is 2. The number of carboxylic acids is 1. The Morgan fingerprint density at radius 2 is 1.91 bits per heavy atom. The second-order valence-corrected chi connectivity index (χ2v) is 4.81. The number of hydrogen-bond acceptors (Lipinski definition) is 5. The smallest absolute Gasteiger partial charge is 0.320 e. The predicted molar refractivity (Wildman–Crippen MR) is 80.2 cm³/mol. The molecular weight excluding hydrogens is 286 g/mol. The first kappa shape index (κ1) is 16.2. The second-order valence-electron chi connectivity index (χ2n) is 4.81. The van der Waals surface area contributed by atoms with Gasteiger partial charge in [-0.25, -0.2) is 0 Å². The molecule has 2 rings (SSSR count). The van der Waals surface area contributed by atoms with E-state index in [9.17, 15) is 4.79 Å². The van der Waals surface area contributed by atoms with Gasteiger partial charge in [-0.2, -0.15) is 0 Å². The van der Waals surface area contributed by atoms with Gasteiger partial charge in [-0.1, -0.05) is 24.3 Å². The predicted octanol–water partition coefficient (Wildman–Crippen LogP) is 2.19. The number of aliphatic carboxylic acids is 1. The number of benzene rings is 1. The highest BCUT2D eigenvalue weighted by Crippen LogP contribution is 2.31. The molecule has 0 radical (unpaired) electrons. The van der Waals surface area contributed by atoms with Gasteiger partial charge >= 0.3 is 5.97 Å². The zero-order chi connectivity index (χ0) is 16.1. The lowest BCUT2D eigenvalue weighted by Crippen LogP contribution is -2.32. The van der Waals surface area contributed by atoms with E-state index in [1.165, 1.54) is 0 Å². The van der Waals surface area contributed by atoms with Gasteiger partial charge in [0.15, 0.2) is 6.29 Å². The Kier molecular flexibility index (Phi) is 5.32. The molecule has 0 spiro atoms. The van der Waals surface area contributed by atoms with Gasteiger partial charge in [-0.3, -0.25) is 4.79 Å². The third-order valence-electron chi connectivity index (χ3n) is 3.31. The van der Waals surface area contributed by atoms with Crippen molar-refractivity contribution >= 4 is 5.97 Å². The van der Waals surface area contributed by atoms with Crippen molar-refractivity contribution in [3.05, 3.63) is 47.7 Å². The minimum absolute atomic E-state index is 0.134. The van der Waals surface area contributed by atoms with Crippen molar-refractivity contribution in [3.63, 3.8) is 0 Å². The zero-order valence-electron chi connectivity index (χ0n) is 12.5. The number of ether oxygens (including phenoxy) is 2. The maximum atomic E-state index is 10.8. The first-order valence-electron chi connectivity index (χ1n) is 6.78. The number of carbonyl (C=O) groups is 1. The molecule has 1 unspecified atom stereocenters. The number of carboxylic acid groups (broad SMARTS) is 1. The molecule has 1 heterocycles. The number of furan rings is 1. The molecule has 0 aliphatic carbocycles. The standard InChI is InChI=1S/C16H19NO5/c1-20-16(21-2)12-6-4-3-5-11(12)14-8-7-10(22-14)9-13(17)15(18)19/h3-8,13,16H,9,17H2,1-2H3,(H,18,19). The van der Waals surface area contributed by atoms with Crippen LogP contribution in [0, 0.1) is 0 Å². The maximum absolute atomic E-state index is 10.8. The van der Waals surface area contributed by atoms with E-state index < -0.39 is 18.3 Å². The molecule has 0 bridgehead atoms. The summed E-state index contributed by atoms with van der Waals surface area (Å²) in [6, 6.07) is 10.1. The van der Waals surface area contributed by atoms with Gasteiger partial charge in [0.2, 0.25) is 0 Å². The Balaban J connectivity index is 2.29. The van der Waals surface area contributed by atoms with Crippen LogP contribution in [0.15, 0.2) is 40.8 Å². The van der Waals surface area contributed by atoms with Crippen LogP contribution < -0.4 is 5.73 Å². The van der Waals surface area contributed by atoms with Crippen molar-refractivity contribution in [2.75, 3.05) is 14.2 Å². The molecule has 6 heteroatoms. The highest BCUT2D eigenvalue weighted by molar-refractivity contribution is 5.73. The summed E-state index contributed by atoms with van der Waals surface area (Å²) in [5.41, 5.74) is 7.17. The van der Waals surface area contributed by atoms with E-state index in [1.54, 1.807) is 26.4 Å². The third-order valence-corrected chi connectivity index (χ3v) is 3.31. The van der Waals surface area contributed by atoms with E-state index in [0.717, 1.165) is 11.1 Å². The van der Waals surface area contributed by atoms with Crippen molar-refractivity contribution in [2.45, 2.75) is 18.8 Å². The van der Waals surface area contributed by atoms with Gasteiger partial charge in [-0.15, -0.1) is 0 Å². The first-order chi connectivity index (χ1) is 10.6. The monoisotopic (exact) mass is 305 g/mol. The molecule has 1 aromatic carbocycles. The van der Waals surface area contributed by atoms with Crippen LogP contribution in [-0.4, -0.2) is 31.3 Å². The molecule has 0 saturated heterocycles. The van der Waals surface area contributed by atoms with Gasteiger partial charge in [0.05, 0.1) is 0 Å². The van der Waals surface area contributed by atoms with E-state index in [-0.39, 0.29) is 6.42 Å². The highest BCUT2D eigenvalue weighted by atomic mass is 16.7. The minimum atomic E-state index is -1.06. The molecule has 0 saturated carbocycles. The fraction of sp³-hybridized carbons (Fsp3) is 0.312. The quantitative estimate of drug-likeness (QED) is 0.761. The lowest BCUT2D eigenvalue weighted by molar-refractivity contribution is -0.138. The summed E-state index contributed by atoms with van der Waals surface area (Å²) in [5.74, 6) is 0.0746. The van der Waals surface area contributed by atoms with Crippen molar-refractivity contribution in [3.8, 4) is 11.3 Å². The van der Waals surface area contributed by atoms with Crippen LogP contribution in [0.3, 0.4) is 0 Å². The SMILES string of the molecule is COC(OC)c1ccccc1-c1ccc(CC(N)C(=O)O)o1. The molecule has 118 valence electrons. The van der Waals surface area contributed by atoms with Crippen LogP contribution in [0.4, 0.5) is 0 Å². The minimum Gasteiger partial charge on any atom is -0.480 e. The molecule has 0 fully saturated rings. The summed E-state index contributed by atoms with van der Waals surface area (Å²) >= 11 is 0. The summed E-state index contributed by atoms with van der Waals surface area (Å²) in [6.07, 6.45) is -0.374. The van der Waals surface area contributed by atoms with E-state index in [4.69, 9.17) is 24.7 Å². The fourth-order valence-electron chi connectivity index (χ4n) is 2.21. The third kappa shape index (κ3) is 3.54. The molecule has 1 atom stereocenters. The Morgan fingerprint density at radius 3 is 2.55 bits per heavy atom.